The Balaban J connectivity index is 1.40. The van der Waals surface area contributed by atoms with Crippen LogP contribution in [0, 0.1) is 12.7 Å². The number of aryl methyl sites for hydroxylation is 1. The van der Waals surface area contributed by atoms with Gasteiger partial charge in [-0.25, -0.2) is 31.9 Å². The molecule has 0 unspecified atom stereocenters. The topological polar surface area (TPSA) is 152 Å². The fourth-order valence-corrected chi connectivity index (χ4v) is 5.80. The van der Waals surface area contributed by atoms with E-state index in [0.29, 0.717) is 48.2 Å². The van der Waals surface area contributed by atoms with Crippen molar-refractivity contribution in [3.8, 4) is 0 Å². The average Bonchev–Trinajstić information content (AvgIpc) is 3.31. The van der Waals surface area contributed by atoms with E-state index in [2.05, 4.69) is 20.6 Å². The number of piperidine rings is 1. The van der Waals surface area contributed by atoms with Crippen molar-refractivity contribution in [1.82, 2.24) is 18.8 Å². The molecule has 0 bridgehead atoms. The van der Waals surface area contributed by atoms with Crippen molar-refractivity contribution in [3.05, 3.63) is 77.5 Å². The van der Waals surface area contributed by atoms with E-state index in [1.807, 2.05) is 4.57 Å². The van der Waals surface area contributed by atoms with Gasteiger partial charge in [0.2, 0.25) is 10.0 Å². The number of carbonyl (C=O) groups excluding carboxylic acids is 2. The summed E-state index contributed by atoms with van der Waals surface area (Å²) in [6.45, 7) is 2.50. The molecule has 0 spiro atoms. The second-order valence-electron chi connectivity index (χ2n) is 9.77. The molecule has 1 saturated heterocycles. The van der Waals surface area contributed by atoms with Crippen LogP contribution in [0.2, 0.25) is 0 Å². The molecule has 11 nitrogen and oxygen atoms in total. The maximum Gasteiger partial charge on any atom is 0.323 e. The summed E-state index contributed by atoms with van der Waals surface area (Å²) in [5.74, 6) is -0.773. The number of nitrogens with zero attached hydrogens (tertiary/aromatic N) is 4. The monoisotopic (exact) mass is 565 g/mol. The Morgan fingerprint density at radius 3 is 2.55 bits per heavy atom. The van der Waals surface area contributed by atoms with Gasteiger partial charge in [-0.1, -0.05) is 18.2 Å². The van der Waals surface area contributed by atoms with Gasteiger partial charge in [-0.05, 0) is 49.6 Å². The number of nitrogens with two attached hydrogens (primary N) is 1. The van der Waals surface area contributed by atoms with Crippen molar-refractivity contribution < 1.29 is 22.4 Å². The van der Waals surface area contributed by atoms with Crippen LogP contribution in [0.4, 0.5) is 26.4 Å². The van der Waals surface area contributed by atoms with E-state index >= 15 is 0 Å². The molecule has 208 valence electrons. The van der Waals surface area contributed by atoms with Gasteiger partial charge >= 0.3 is 6.03 Å². The number of hydrogen-bond donors (Lipinski definition) is 3. The van der Waals surface area contributed by atoms with Crippen molar-refractivity contribution in [1.29, 1.82) is 0 Å². The molecule has 2 amide bonds. The number of carbonyl (C=O) groups is 2. The Bertz CT molecular complexity index is 1730. The smallest absolute Gasteiger partial charge is 0.323 e. The number of nitrogens with one attached hydrogen (secondary N) is 2. The first kappa shape index (κ1) is 27.2. The van der Waals surface area contributed by atoms with Gasteiger partial charge in [0.05, 0.1) is 22.9 Å². The van der Waals surface area contributed by atoms with Crippen LogP contribution in [0.15, 0.2) is 55.0 Å². The molecule has 0 saturated carbocycles. The predicted octanol–water partition coefficient (Wildman–Crippen LogP) is 3.93. The van der Waals surface area contributed by atoms with Gasteiger partial charge in [0.25, 0.3) is 0 Å². The quantitative estimate of drug-likeness (QED) is 0.300. The highest BCUT2D eigenvalue weighted by Crippen LogP contribution is 2.33. The molecule has 4 aromatic rings. The normalized spacial score (nSPS) is 14.8. The first-order valence-corrected chi connectivity index (χ1v) is 14.4. The Kier molecular flexibility index (Phi) is 7.25. The van der Waals surface area contributed by atoms with Crippen molar-refractivity contribution in [2.24, 2.45) is 0 Å². The fraction of sp³-hybridized carbons (Fsp3) is 0.259. The third-order valence-corrected chi connectivity index (χ3v) is 8.23. The van der Waals surface area contributed by atoms with E-state index in [1.54, 1.807) is 37.4 Å². The lowest BCUT2D eigenvalue weighted by molar-refractivity contribution is 0.104. The zero-order chi connectivity index (χ0) is 28.6. The number of nitrogen functional groups attached to an aromatic ring is 1. The first-order chi connectivity index (χ1) is 19.0. The van der Waals surface area contributed by atoms with Gasteiger partial charge in [-0.3, -0.25) is 4.79 Å². The molecule has 3 heterocycles. The molecular formula is C27H28FN7O4S. The first-order valence-electron chi connectivity index (χ1n) is 12.6. The van der Waals surface area contributed by atoms with Crippen LogP contribution < -0.4 is 16.4 Å². The summed E-state index contributed by atoms with van der Waals surface area (Å²) in [7, 11) is -3.29. The zero-order valence-corrected chi connectivity index (χ0v) is 22.7. The molecule has 1 aliphatic rings. The number of urea groups is 1. The molecule has 0 aliphatic carbocycles. The van der Waals surface area contributed by atoms with Crippen molar-refractivity contribution in [2.75, 3.05) is 35.7 Å². The SMILES string of the molecule is Cc1ccc(F)c(NC(=O)Nc2cccc(C(=O)c3cn(C4CCN(S(C)(=O)=O)CC4)c4ncnc(N)c34)c2)c1. The van der Waals surface area contributed by atoms with E-state index < -0.39 is 21.9 Å². The van der Waals surface area contributed by atoms with E-state index in [0.717, 1.165) is 5.56 Å². The molecule has 1 aliphatic heterocycles. The van der Waals surface area contributed by atoms with Gasteiger partial charge in [-0.2, -0.15) is 0 Å². The number of ketones is 1. The van der Waals surface area contributed by atoms with Crippen LogP contribution in [0.1, 0.15) is 40.4 Å². The number of amides is 2. The molecule has 2 aromatic carbocycles. The number of rotatable bonds is 6. The number of halogens is 1. The average molecular weight is 566 g/mol. The van der Waals surface area contributed by atoms with Crippen LogP contribution in [-0.4, -0.2) is 58.4 Å². The van der Waals surface area contributed by atoms with Gasteiger partial charge in [0, 0.05) is 36.6 Å². The van der Waals surface area contributed by atoms with Crippen LogP contribution in [-0.2, 0) is 10.0 Å². The number of anilines is 3. The van der Waals surface area contributed by atoms with Crippen molar-refractivity contribution in [2.45, 2.75) is 25.8 Å². The molecule has 2 aromatic heterocycles. The molecular weight excluding hydrogens is 537 g/mol. The summed E-state index contributed by atoms with van der Waals surface area (Å²) in [6, 6.07) is 9.99. The van der Waals surface area contributed by atoms with Crippen molar-refractivity contribution in [3.63, 3.8) is 0 Å². The number of benzene rings is 2. The van der Waals surface area contributed by atoms with Crippen LogP contribution in [0.3, 0.4) is 0 Å². The third-order valence-electron chi connectivity index (χ3n) is 6.92. The second-order valence-corrected chi connectivity index (χ2v) is 11.8. The zero-order valence-electron chi connectivity index (χ0n) is 21.9. The maximum absolute atomic E-state index is 14.1. The highest BCUT2D eigenvalue weighted by atomic mass is 32.2. The van der Waals surface area contributed by atoms with Crippen LogP contribution in [0.5, 0.6) is 0 Å². The minimum absolute atomic E-state index is 0.0374. The molecule has 0 radical (unpaired) electrons. The second kappa shape index (κ2) is 10.7. The molecule has 0 atom stereocenters. The molecule has 13 heteroatoms. The summed E-state index contributed by atoms with van der Waals surface area (Å²) in [6.07, 6.45) is 5.30. The molecule has 40 heavy (non-hydrogen) atoms. The summed E-state index contributed by atoms with van der Waals surface area (Å²) in [5, 5.41) is 5.51. The molecule has 4 N–H and O–H groups in total. The Hall–Kier alpha value is -4.36. The van der Waals surface area contributed by atoms with Gasteiger partial charge in [0.15, 0.2) is 5.78 Å². The highest BCUT2D eigenvalue weighted by molar-refractivity contribution is 7.88. The van der Waals surface area contributed by atoms with E-state index in [4.69, 9.17) is 5.73 Å². The van der Waals surface area contributed by atoms with E-state index in [-0.39, 0.29) is 28.9 Å². The summed E-state index contributed by atoms with van der Waals surface area (Å²) in [5.41, 5.74) is 8.41. The summed E-state index contributed by atoms with van der Waals surface area (Å²) < 4.78 is 41.2. The van der Waals surface area contributed by atoms with Crippen molar-refractivity contribution >= 4 is 50.1 Å². The maximum atomic E-state index is 14.1. The van der Waals surface area contributed by atoms with Gasteiger partial charge < -0.3 is 20.9 Å². The number of aromatic nitrogens is 3. The Morgan fingerprint density at radius 1 is 1.07 bits per heavy atom. The Morgan fingerprint density at radius 2 is 1.82 bits per heavy atom. The van der Waals surface area contributed by atoms with Crippen LogP contribution >= 0.6 is 0 Å². The number of fused-ring (bicyclic) bond motifs is 1. The lowest BCUT2D eigenvalue weighted by Crippen LogP contribution is -2.38. The summed E-state index contributed by atoms with van der Waals surface area (Å²) in [4.78, 5) is 34.7. The standard InChI is InChI=1S/C27H28FN7O4S/c1-16-6-7-21(28)22(12-16)33-27(37)32-18-5-3-4-17(13-18)24(36)20-14-35(26-23(20)25(29)30-15-31-26)19-8-10-34(11-9-19)40(2,38)39/h3-7,12-15,19H,8-11H2,1-2H3,(H2,29,30,31)(H2,32,33,37). The molecule has 5 rings (SSSR count). The van der Waals surface area contributed by atoms with Crippen LogP contribution in [0.25, 0.3) is 11.0 Å². The summed E-state index contributed by atoms with van der Waals surface area (Å²) >= 11 is 0. The molecule has 1 fully saturated rings. The lowest BCUT2D eigenvalue weighted by Gasteiger charge is -2.31. The number of hydrogen-bond acceptors (Lipinski definition) is 7. The number of sulfonamides is 1. The van der Waals surface area contributed by atoms with Gasteiger partial charge in [-0.15, -0.1) is 0 Å². The third kappa shape index (κ3) is 5.51. The minimum atomic E-state index is -3.29. The van der Waals surface area contributed by atoms with Gasteiger partial charge in [0.1, 0.15) is 23.6 Å². The van der Waals surface area contributed by atoms with E-state index in [9.17, 15) is 22.4 Å². The fourth-order valence-electron chi connectivity index (χ4n) is 4.92. The minimum Gasteiger partial charge on any atom is -0.383 e. The highest BCUT2D eigenvalue weighted by Gasteiger charge is 2.29. The lowest BCUT2D eigenvalue weighted by atomic mass is 10.0. The predicted molar refractivity (Wildman–Crippen MR) is 150 cm³/mol. The Labute approximate surface area is 230 Å². The largest absolute Gasteiger partial charge is 0.383 e. The van der Waals surface area contributed by atoms with E-state index in [1.165, 1.54) is 35.1 Å².